The van der Waals surface area contributed by atoms with Gasteiger partial charge in [0.05, 0.1) is 12.6 Å². The normalized spacial score (nSPS) is 20.7. The minimum Gasteiger partial charge on any atom is -0.618 e. The number of sulfonamides is 1. The number of hydrogen-bond donors (Lipinski definition) is 1. The van der Waals surface area contributed by atoms with Gasteiger partial charge in [0.1, 0.15) is 12.1 Å². The van der Waals surface area contributed by atoms with Crippen molar-refractivity contribution in [2.75, 3.05) is 13.1 Å². The molecule has 0 aromatic carbocycles. The van der Waals surface area contributed by atoms with Crippen LogP contribution in [0.4, 0.5) is 4.79 Å². The number of hydrogen-bond acceptors (Lipinski definition) is 9. The third-order valence-corrected chi connectivity index (χ3v) is 10.5. The van der Waals surface area contributed by atoms with Crippen molar-refractivity contribution >= 4 is 59.9 Å². The molecule has 2 aliphatic rings. The zero-order valence-corrected chi connectivity index (χ0v) is 23.1. The molecule has 3 aromatic heterocycles. The molecule has 11 nitrogen and oxygen atoms in total. The van der Waals surface area contributed by atoms with E-state index in [1.807, 2.05) is 25.3 Å². The molecular formula is C24H26N4O7S3. The van der Waals surface area contributed by atoms with Gasteiger partial charge in [-0.1, -0.05) is 25.2 Å². The Labute approximate surface area is 227 Å². The van der Waals surface area contributed by atoms with Crippen molar-refractivity contribution in [3.63, 3.8) is 0 Å². The summed E-state index contributed by atoms with van der Waals surface area (Å²) >= 11 is 2.85. The molecular weight excluding hydrogens is 552 g/mol. The summed E-state index contributed by atoms with van der Waals surface area (Å²) in [7, 11) is -4.27. The summed E-state index contributed by atoms with van der Waals surface area (Å²) < 4.78 is 35.2. The quantitative estimate of drug-likeness (QED) is 0.335. The van der Waals surface area contributed by atoms with Crippen LogP contribution in [0.1, 0.15) is 26.7 Å². The number of likely N-dealkylation sites (tertiary alicyclic amines) is 1. The van der Waals surface area contributed by atoms with Crippen LogP contribution < -0.4 is 14.8 Å². The van der Waals surface area contributed by atoms with Gasteiger partial charge < -0.3 is 20.2 Å². The highest BCUT2D eigenvalue weighted by Gasteiger charge is 2.55. The van der Waals surface area contributed by atoms with Crippen LogP contribution in [0.25, 0.3) is 9.40 Å². The molecule has 3 atom stereocenters. The van der Waals surface area contributed by atoms with Crippen molar-refractivity contribution < 1.29 is 32.3 Å². The first-order valence-electron chi connectivity index (χ1n) is 12.0. The summed E-state index contributed by atoms with van der Waals surface area (Å²) in [6, 6.07) is 4.98. The molecule has 5 heterocycles. The number of ketones is 1. The summed E-state index contributed by atoms with van der Waals surface area (Å²) in [5, 5.41) is 16.7. The maximum absolute atomic E-state index is 13.6. The third-order valence-electron chi connectivity index (χ3n) is 6.63. The summed E-state index contributed by atoms with van der Waals surface area (Å²) in [4.78, 5) is 40.7. The van der Waals surface area contributed by atoms with E-state index in [4.69, 9.17) is 4.74 Å². The average Bonchev–Trinajstić information content (AvgIpc) is 3.60. The number of fused-ring (bicyclic) bond motifs is 2. The minimum absolute atomic E-state index is 0.0384. The molecule has 0 bridgehead atoms. The molecule has 3 unspecified atom stereocenters. The summed E-state index contributed by atoms with van der Waals surface area (Å²) in [5.74, 6) is -0.861. The van der Waals surface area contributed by atoms with Gasteiger partial charge in [-0.25, -0.2) is 13.2 Å². The Morgan fingerprint density at radius 3 is 2.76 bits per heavy atom. The molecule has 0 spiro atoms. The van der Waals surface area contributed by atoms with Crippen LogP contribution in [-0.4, -0.2) is 66.6 Å². The van der Waals surface area contributed by atoms with Crippen LogP contribution in [0.3, 0.4) is 0 Å². The van der Waals surface area contributed by atoms with Gasteiger partial charge in [-0.15, -0.1) is 11.3 Å². The fourth-order valence-corrected chi connectivity index (χ4v) is 8.62. The monoisotopic (exact) mass is 578 g/mol. The topological polar surface area (TPSA) is 140 Å². The number of Topliss-reactive ketones (excluding diaryl/α,β-unsaturated/α-hetero) is 1. The van der Waals surface area contributed by atoms with E-state index in [1.54, 1.807) is 6.07 Å². The molecule has 14 heteroatoms. The fraction of sp³-hybridized carbons (Fsp3) is 0.417. The highest BCUT2D eigenvalue weighted by Crippen LogP contribution is 2.36. The number of ether oxygens (including phenoxy) is 1. The van der Waals surface area contributed by atoms with Gasteiger partial charge in [0.2, 0.25) is 5.91 Å². The lowest BCUT2D eigenvalue weighted by atomic mass is 10.0. The first kappa shape index (κ1) is 26.5. The first-order valence-corrected chi connectivity index (χ1v) is 15.2. The Kier molecular flexibility index (Phi) is 7.15. The Hall–Kier alpha value is -3.07. The van der Waals surface area contributed by atoms with E-state index in [0.717, 1.165) is 19.9 Å². The van der Waals surface area contributed by atoms with Gasteiger partial charge in [-0.05, 0) is 36.3 Å². The SMILES string of the molecule is CC(C)CC(NC(=O)Oc1cc2sccc2s1)C(=O)N1CCC2C1C(=O)CN2S(=O)(=O)c1cccc[n+]1[O-]. The third kappa shape index (κ3) is 4.88. The second kappa shape index (κ2) is 10.2. The predicted molar refractivity (Wildman–Crippen MR) is 140 cm³/mol. The van der Waals surface area contributed by atoms with Crippen molar-refractivity contribution in [3.05, 3.63) is 47.1 Å². The average molecular weight is 579 g/mol. The van der Waals surface area contributed by atoms with Crippen LogP contribution in [0.5, 0.6) is 5.06 Å². The van der Waals surface area contributed by atoms with E-state index >= 15 is 0 Å². The zero-order chi connectivity index (χ0) is 27.2. The van der Waals surface area contributed by atoms with Gasteiger partial charge in [0.25, 0.3) is 0 Å². The second-order valence-electron chi connectivity index (χ2n) is 9.64. The standard InChI is InChI=1S/C24H26N4O7S3/c1-14(2)11-15(25-24(31)35-21-12-19-18(37-21)7-10-36-19)23(30)26-9-6-16-22(26)17(29)13-28(16)38(33,34)20-5-3-4-8-27(20)32/h3-5,7-8,10,12,14-16,22H,6,9,11,13H2,1-2H3,(H,25,31). The summed E-state index contributed by atoms with van der Waals surface area (Å²) in [5.41, 5.74) is 0. The summed E-state index contributed by atoms with van der Waals surface area (Å²) in [6.07, 6.45) is 0.836. The first-order chi connectivity index (χ1) is 18.1. The zero-order valence-electron chi connectivity index (χ0n) is 20.6. The van der Waals surface area contributed by atoms with E-state index in [-0.39, 0.29) is 23.6 Å². The second-order valence-corrected chi connectivity index (χ2v) is 13.5. The van der Waals surface area contributed by atoms with Crippen LogP contribution in [0, 0.1) is 11.1 Å². The Bertz CT molecular complexity index is 1470. The number of aromatic nitrogens is 1. The Morgan fingerprint density at radius 1 is 1.26 bits per heavy atom. The highest BCUT2D eigenvalue weighted by molar-refractivity contribution is 7.89. The molecule has 2 aliphatic heterocycles. The largest absolute Gasteiger partial charge is 0.618 e. The minimum atomic E-state index is -4.27. The van der Waals surface area contributed by atoms with Crippen LogP contribution >= 0.6 is 22.7 Å². The molecule has 1 N–H and O–H groups in total. The van der Waals surface area contributed by atoms with E-state index in [0.29, 0.717) is 11.5 Å². The van der Waals surface area contributed by atoms with Crippen LogP contribution in [0.15, 0.2) is 46.9 Å². The number of pyridine rings is 1. The van der Waals surface area contributed by atoms with Crippen molar-refractivity contribution in [3.8, 4) is 5.06 Å². The van der Waals surface area contributed by atoms with E-state index in [9.17, 15) is 28.0 Å². The maximum atomic E-state index is 13.6. The number of carbonyl (C=O) groups is 3. The summed E-state index contributed by atoms with van der Waals surface area (Å²) in [6.45, 7) is 3.52. The van der Waals surface area contributed by atoms with Crippen LogP contribution in [0.2, 0.25) is 0 Å². The number of thiophene rings is 2. The van der Waals surface area contributed by atoms with Crippen molar-refractivity contribution in [1.29, 1.82) is 0 Å². The smallest absolute Gasteiger partial charge is 0.414 e. The van der Waals surface area contributed by atoms with Gasteiger partial charge >= 0.3 is 21.1 Å². The van der Waals surface area contributed by atoms with E-state index in [1.165, 1.54) is 45.8 Å². The number of nitrogens with one attached hydrogen (secondary N) is 1. The predicted octanol–water partition coefficient (Wildman–Crippen LogP) is 2.34. The molecule has 2 saturated heterocycles. The highest BCUT2D eigenvalue weighted by atomic mass is 32.2. The lowest BCUT2D eigenvalue weighted by molar-refractivity contribution is -0.646. The van der Waals surface area contributed by atoms with Crippen molar-refractivity contribution in [1.82, 2.24) is 14.5 Å². The molecule has 3 aromatic rings. The maximum Gasteiger partial charge on any atom is 0.414 e. The molecule has 2 fully saturated rings. The Balaban J connectivity index is 1.32. The lowest BCUT2D eigenvalue weighted by Crippen LogP contribution is -2.53. The van der Waals surface area contributed by atoms with Gasteiger partial charge in [0, 0.05) is 34.1 Å². The Morgan fingerprint density at radius 2 is 2.05 bits per heavy atom. The van der Waals surface area contributed by atoms with E-state index in [2.05, 4.69) is 5.32 Å². The van der Waals surface area contributed by atoms with Crippen molar-refractivity contribution in [2.45, 2.75) is 49.8 Å². The number of rotatable bonds is 7. The number of carbonyl (C=O) groups excluding carboxylic acids is 3. The number of nitrogens with zero attached hydrogens (tertiary/aromatic N) is 3. The van der Waals surface area contributed by atoms with Gasteiger partial charge in [-0.2, -0.15) is 9.04 Å². The van der Waals surface area contributed by atoms with Gasteiger partial charge in [0.15, 0.2) is 17.0 Å². The molecule has 0 radical (unpaired) electrons. The molecule has 38 heavy (non-hydrogen) atoms. The van der Waals surface area contributed by atoms with E-state index < -0.39 is 57.5 Å². The van der Waals surface area contributed by atoms with Gasteiger partial charge in [-0.3, -0.25) is 9.59 Å². The lowest BCUT2D eigenvalue weighted by Gasteiger charge is -2.28. The molecule has 0 aliphatic carbocycles. The number of amides is 2. The molecule has 202 valence electrons. The van der Waals surface area contributed by atoms with Crippen LogP contribution in [-0.2, 0) is 19.6 Å². The fourth-order valence-electron chi connectivity index (χ4n) is 5.02. The molecule has 5 rings (SSSR count). The van der Waals surface area contributed by atoms with Crippen molar-refractivity contribution in [2.24, 2.45) is 5.92 Å². The molecule has 2 amide bonds. The molecule has 0 saturated carbocycles.